The standard InChI is InChI=1S/C27H27N5O2S2/c1-18-9-12-22(17-19(18)2)31-16-6-8-24(31)26-25(23-7-4-5-15-28-23)29-27(35)32(26)21-13-10-20(11-14-21)30-36(3,33)34/h4-17,25-26,30H,1-3H3,(H,29,35). The van der Waals surface area contributed by atoms with Gasteiger partial charge in [-0.05, 0) is 97.9 Å². The van der Waals surface area contributed by atoms with E-state index >= 15 is 0 Å². The second-order valence-corrected chi connectivity index (χ2v) is 11.1. The number of nitrogens with one attached hydrogen (secondary N) is 2. The van der Waals surface area contributed by atoms with Gasteiger partial charge in [0.15, 0.2) is 5.11 Å². The highest BCUT2D eigenvalue weighted by Crippen LogP contribution is 2.42. The van der Waals surface area contributed by atoms with E-state index in [4.69, 9.17) is 12.2 Å². The molecular weight excluding hydrogens is 490 g/mol. The van der Waals surface area contributed by atoms with Crippen LogP contribution >= 0.6 is 12.2 Å². The van der Waals surface area contributed by atoms with E-state index in [2.05, 4.69) is 68.8 Å². The molecule has 2 unspecified atom stereocenters. The summed E-state index contributed by atoms with van der Waals surface area (Å²) in [5.74, 6) is 0. The molecule has 0 radical (unpaired) electrons. The van der Waals surface area contributed by atoms with E-state index in [1.165, 1.54) is 11.1 Å². The lowest BCUT2D eigenvalue weighted by atomic mass is 10.0. The molecule has 4 aromatic rings. The van der Waals surface area contributed by atoms with E-state index in [1.807, 2.05) is 36.4 Å². The van der Waals surface area contributed by atoms with E-state index in [9.17, 15) is 8.42 Å². The summed E-state index contributed by atoms with van der Waals surface area (Å²) in [7, 11) is -3.37. The molecule has 184 valence electrons. The lowest BCUT2D eigenvalue weighted by Crippen LogP contribution is -2.30. The van der Waals surface area contributed by atoms with Gasteiger partial charge in [0.1, 0.15) is 6.04 Å². The van der Waals surface area contributed by atoms with Crippen LogP contribution in [0, 0.1) is 13.8 Å². The SMILES string of the molecule is Cc1ccc(-n2cccc2C2C(c3ccccn3)NC(=S)N2c2ccc(NS(C)(=O)=O)cc2)cc1C. The molecule has 5 rings (SSSR count). The second-order valence-electron chi connectivity index (χ2n) is 8.99. The molecule has 7 nitrogen and oxygen atoms in total. The van der Waals surface area contributed by atoms with Crippen LogP contribution in [0.25, 0.3) is 5.69 Å². The van der Waals surface area contributed by atoms with Crippen molar-refractivity contribution in [3.8, 4) is 5.69 Å². The molecule has 36 heavy (non-hydrogen) atoms. The Balaban J connectivity index is 1.61. The average Bonchev–Trinajstić information content (AvgIpc) is 3.45. The Kier molecular flexibility index (Phi) is 6.27. The molecule has 2 atom stereocenters. The van der Waals surface area contributed by atoms with E-state index in [1.54, 1.807) is 18.3 Å². The van der Waals surface area contributed by atoms with Crippen molar-refractivity contribution in [2.45, 2.75) is 25.9 Å². The Labute approximate surface area is 216 Å². The number of aryl methyl sites for hydroxylation is 2. The minimum Gasteiger partial charge on any atom is -0.351 e. The third kappa shape index (κ3) is 4.72. The van der Waals surface area contributed by atoms with E-state index in [-0.39, 0.29) is 12.1 Å². The molecule has 0 amide bonds. The summed E-state index contributed by atoms with van der Waals surface area (Å²) >= 11 is 5.84. The molecule has 0 aliphatic carbocycles. The van der Waals surface area contributed by atoms with Gasteiger partial charge in [0, 0.05) is 35.1 Å². The zero-order chi connectivity index (χ0) is 25.4. The number of hydrogen-bond donors (Lipinski definition) is 2. The van der Waals surface area contributed by atoms with Crippen molar-refractivity contribution in [1.82, 2.24) is 14.9 Å². The van der Waals surface area contributed by atoms with Gasteiger partial charge >= 0.3 is 0 Å². The summed E-state index contributed by atoms with van der Waals surface area (Å²) in [5.41, 5.74) is 6.82. The summed E-state index contributed by atoms with van der Waals surface area (Å²) < 4.78 is 28.0. The highest BCUT2D eigenvalue weighted by atomic mass is 32.2. The Morgan fingerprint density at radius 2 is 1.69 bits per heavy atom. The van der Waals surface area contributed by atoms with Gasteiger partial charge in [0.05, 0.1) is 18.0 Å². The Morgan fingerprint density at radius 3 is 2.36 bits per heavy atom. The molecule has 1 saturated heterocycles. The van der Waals surface area contributed by atoms with Crippen molar-refractivity contribution in [3.63, 3.8) is 0 Å². The van der Waals surface area contributed by atoms with Crippen molar-refractivity contribution in [2.24, 2.45) is 0 Å². The van der Waals surface area contributed by atoms with Crippen LogP contribution in [0.3, 0.4) is 0 Å². The van der Waals surface area contributed by atoms with Gasteiger partial charge in [-0.15, -0.1) is 0 Å². The van der Waals surface area contributed by atoms with Crippen molar-refractivity contribution in [3.05, 3.63) is 108 Å². The molecule has 3 heterocycles. The minimum absolute atomic E-state index is 0.187. The lowest BCUT2D eigenvalue weighted by Gasteiger charge is -2.29. The van der Waals surface area contributed by atoms with Crippen LogP contribution in [-0.2, 0) is 10.0 Å². The summed E-state index contributed by atoms with van der Waals surface area (Å²) in [5, 5.41) is 4.06. The predicted molar refractivity (Wildman–Crippen MR) is 148 cm³/mol. The van der Waals surface area contributed by atoms with Crippen LogP contribution in [-0.4, -0.2) is 29.3 Å². The first-order valence-electron chi connectivity index (χ1n) is 11.5. The Morgan fingerprint density at radius 1 is 0.944 bits per heavy atom. The number of benzene rings is 2. The molecule has 0 saturated carbocycles. The number of aromatic nitrogens is 2. The maximum atomic E-state index is 11.7. The van der Waals surface area contributed by atoms with Crippen molar-refractivity contribution in [2.75, 3.05) is 15.9 Å². The van der Waals surface area contributed by atoms with E-state index in [0.717, 1.165) is 29.0 Å². The summed E-state index contributed by atoms with van der Waals surface area (Å²) in [4.78, 5) is 6.71. The maximum absolute atomic E-state index is 11.7. The first kappa shape index (κ1) is 24.0. The van der Waals surface area contributed by atoms with Gasteiger partial charge in [-0.3, -0.25) is 9.71 Å². The number of anilines is 2. The maximum Gasteiger partial charge on any atom is 0.229 e. The molecule has 2 aromatic carbocycles. The molecule has 2 N–H and O–H groups in total. The predicted octanol–water partition coefficient (Wildman–Crippen LogP) is 5.04. The van der Waals surface area contributed by atoms with Crippen LogP contribution < -0.4 is 14.9 Å². The van der Waals surface area contributed by atoms with Crippen molar-refractivity contribution >= 4 is 38.7 Å². The first-order chi connectivity index (χ1) is 17.2. The molecule has 0 spiro atoms. The van der Waals surface area contributed by atoms with Crippen LogP contribution in [0.4, 0.5) is 11.4 Å². The summed E-state index contributed by atoms with van der Waals surface area (Å²) in [6, 6.07) is 23.3. The monoisotopic (exact) mass is 517 g/mol. The largest absolute Gasteiger partial charge is 0.351 e. The fourth-order valence-electron chi connectivity index (χ4n) is 4.58. The zero-order valence-corrected chi connectivity index (χ0v) is 21.8. The minimum atomic E-state index is -3.37. The molecule has 1 fully saturated rings. The fraction of sp³-hybridized carbons (Fsp3) is 0.185. The molecule has 0 bridgehead atoms. The van der Waals surface area contributed by atoms with Crippen LogP contribution in [0.1, 0.15) is 34.6 Å². The van der Waals surface area contributed by atoms with Gasteiger partial charge in [0.2, 0.25) is 10.0 Å². The van der Waals surface area contributed by atoms with Gasteiger partial charge in [-0.1, -0.05) is 12.1 Å². The van der Waals surface area contributed by atoms with Gasteiger partial charge in [-0.2, -0.15) is 0 Å². The molecule has 1 aliphatic rings. The van der Waals surface area contributed by atoms with E-state index in [0.29, 0.717) is 10.8 Å². The van der Waals surface area contributed by atoms with Gasteiger partial charge in [0.25, 0.3) is 0 Å². The first-order valence-corrected chi connectivity index (χ1v) is 13.8. The highest BCUT2D eigenvalue weighted by Gasteiger charge is 2.42. The van der Waals surface area contributed by atoms with Gasteiger partial charge < -0.3 is 14.8 Å². The van der Waals surface area contributed by atoms with E-state index < -0.39 is 10.0 Å². The molecular formula is C27H27N5O2S2. The lowest BCUT2D eigenvalue weighted by molar-refractivity contribution is 0.549. The summed E-state index contributed by atoms with van der Waals surface area (Å²) in [6.45, 7) is 4.22. The Bertz CT molecular complexity index is 1520. The third-order valence-corrected chi connectivity index (χ3v) is 7.32. The van der Waals surface area contributed by atoms with Crippen LogP contribution in [0.2, 0.25) is 0 Å². The number of pyridine rings is 1. The topological polar surface area (TPSA) is 79.3 Å². The van der Waals surface area contributed by atoms with Crippen LogP contribution in [0.15, 0.2) is 85.2 Å². The number of nitrogens with zero attached hydrogens (tertiary/aromatic N) is 3. The second kappa shape index (κ2) is 9.40. The molecule has 2 aromatic heterocycles. The van der Waals surface area contributed by atoms with Crippen molar-refractivity contribution < 1.29 is 8.42 Å². The average molecular weight is 518 g/mol. The quantitative estimate of drug-likeness (QED) is 0.349. The Hall–Kier alpha value is -3.69. The zero-order valence-electron chi connectivity index (χ0n) is 20.2. The summed E-state index contributed by atoms with van der Waals surface area (Å²) in [6.07, 6.45) is 4.98. The number of hydrogen-bond acceptors (Lipinski definition) is 4. The molecule has 1 aliphatic heterocycles. The van der Waals surface area contributed by atoms with Gasteiger partial charge in [-0.25, -0.2) is 8.42 Å². The normalized spacial score (nSPS) is 17.8. The number of sulfonamides is 1. The number of thiocarbonyl (C=S) groups is 1. The van der Waals surface area contributed by atoms with Crippen molar-refractivity contribution in [1.29, 1.82) is 0 Å². The van der Waals surface area contributed by atoms with Crippen LogP contribution in [0.5, 0.6) is 0 Å². The third-order valence-electron chi connectivity index (χ3n) is 6.40. The fourth-order valence-corrected chi connectivity index (χ4v) is 5.49. The molecule has 9 heteroatoms. The highest BCUT2D eigenvalue weighted by molar-refractivity contribution is 7.92. The number of rotatable bonds is 6. The smallest absolute Gasteiger partial charge is 0.229 e.